The number of hydrogen-bond donors (Lipinski definition) is 3. The van der Waals surface area contributed by atoms with Crippen LogP contribution in [0.25, 0.3) is 0 Å². The topological polar surface area (TPSA) is 108 Å². The molecule has 3 amide bonds. The first-order chi connectivity index (χ1) is 17.9. The van der Waals surface area contributed by atoms with Crippen molar-refractivity contribution in [1.82, 2.24) is 10.6 Å². The van der Waals surface area contributed by atoms with E-state index >= 15 is 0 Å². The van der Waals surface area contributed by atoms with Gasteiger partial charge in [0.25, 0.3) is 0 Å². The third kappa shape index (κ3) is 17.0. The van der Waals surface area contributed by atoms with Crippen molar-refractivity contribution in [2.75, 3.05) is 31.7 Å². The molecule has 0 spiro atoms. The number of ether oxygens (including phenoxy) is 1. The Hall–Kier alpha value is -3.17. The second-order valence-electron chi connectivity index (χ2n) is 7.55. The summed E-state index contributed by atoms with van der Waals surface area (Å²) in [6.45, 7) is 4.10. The molecule has 1 aliphatic carbocycles. The Morgan fingerprint density at radius 1 is 1.11 bits per heavy atom. The molecule has 0 aromatic heterocycles. The summed E-state index contributed by atoms with van der Waals surface area (Å²) < 4.78 is 17.3. The van der Waals surface area contributed by atoms with Gasteiger partial charge < -0.3 is 25.4 Å². The number of anilines is 1. The number of amides is 3. The Kier molecular flexibility index (Phi) is 20.2. The number of aliphatic hydroxyl groups excluding tert-OH is 1. The van der Waals surface area contributed by atoms with Gasteiger partial charge in [-0.1, -0.05) is 69.0 Å². The van der Waals surface area contributed by atoms with Crippen LogP contribution in [0.3, 0.4) is 0 Å². The molecule has 2 aromatic rings. The van der Waals surface area contributed by atoms with Crippen LogP contribution >= 0.6 is 11.6 Å². The highest BCUT2D eigenvalue weighted by Gasteiger charge is 2.17. The molecule has 0 bridgehead atoms. The molecular weight excluding hydrogens is 501 g/mol. The maximum absolute atomic E-state index is 13.1. The van der Waals surface area contributed by atoms with E-state index in [1.54, 1.807) is 6.07 Å². The van der Waals surface area contributed by atoms with Crippen LogP contribution in [-0.4, -0.2) is 56.4 Å². The highest BCUT2D eigenvalue weighted by molar-refractivity contribution is 6.30. The van der Waals surface area contributed by atoms with Crippen molar-refractivity contribution in [2.24, 2.45) is 0 Å². The van der Waals surface area contributed by atoms with E-state index in [9.17, 15) is 18.8 Å². The Labute approximate surface area is 224 Å². The first-order valence-corrected chi connectivity index (χ1v) is 12.7. The number of hydrogen-bond acceptors (Lipinski definition) is 5. The van der Waals surface area contributed by atoms with Crippen LogP contribution in [0.2, 0.25) is 5.02 Å². The molecule has 0 atom stereocenters. The summed E-state index contributed by atoms with van der Waals surface area (Å²) in [6.07, 6.45) is 5.50. The Bertz CT molecular complexity index is 883. The summed E-state index contributed by atoms with van der Waals surface area (Å²) in [5, 5.41) is 14.1. The van der Waals surface area contributed by atoms with Crippen LogP contribution in [0, 0.1) is 5.82 Å². The average molecular weight is 540 g/mol. The van der Waals surface area contributed by atoms with Gasteiger partial charge in [0.15, 0.2) is 0 Å². The Morgan fingerprint density at radius 2 is 1.76 bits per heavy atom. The van der Waals surface area contributed by atoms with E-state index in [-0.39, 0.29) is 31.6 Å². The summed E-state index contributed by atoms with van der Waals surface area (Å²) in [4.78, 5) is 34.3. The van der Waals surface area contributed by atoms with Crippen LogP contribution in [-0.2, 0) is 14.3 Å². The quantitative estimate of drug-likeness (QED) is 0.432. The molecule has 0 aliphatic heterocycles. The van der Waals surface area contributed by atoms with E-state index < -0.39 is 11.9 Å². The number of nitrogens with zero attached hydrogens (tertiary/aromatic N) is 1. The van der Waals surface area contributed by atoms with Crippen LogP contribution in [0.1, 0.15) is 46.0 Å². The molecule has 0 saturated heterocycles. The molecular formula is C27H39ClFN3O5. The van der Waals surface area contributed by atoms with E-state index in [0.29, 0.717) is 12.1 Å². The zero-order chi connectivity index (χ0) is 27.9. The van der Waals surface area contributed by atoms with E-state index in [1.807, 2.05) is 44.2 Å². The summed E-state index contributed by atoms with van der Waals surface area (Å²) in [6, 6.07) is 15.3. The van der Waals surface area contributed by atoms with Gasteiger partial charge in [-0.2, -0.15) is 0 Å². The first kappa shape index (κ1) is 33.8. The molecule has 1 saturated carbocycles. The number of nitrogens with one attached hydrogen (secondary N) is 2. The van der Waals surface area contributed by atoms with Gasteiger partial charge in [-0.05, 0) is 43.2 Å². The predicted octanol–water partition coefficient (Wildman–Crippen LogP) is 4.94. The number of methoxy groups -OCH3 is 1. The maximum atomic E-state index is 13.1. The summed E-state index contributed by atoms with van der Waals surface area (Å²) in [5.74, 6) is -0.629. The molecule has 37 heavy (non-hydrogen) atoms. The number of carbonyl (C=O) groups excluding carboxylic acids is 3. The molecule has 0 heterocycles. The number of rotatable bonds is 7. The maximum Gasteiger partial charge on any atom is 0.406 e. The fourth-order valence-corrected chi connectivity index (χ4v) is 3.31. The molecule has 1 fully saturated rings. The van der Waals surface area contributed by atoms with Gasteiger partial charge in [0.1, 0.15) is 12.4 Å². The second-order valence-corrected chi connectivity index (χ2v) is 7.99. The van der Waals surface area contributed by atoms with Crippen molar-refractivity contribution in [3.05, 3.63) is 65.4 Å². The Morgan fingerprint density at radius 3 is 2.24 bits per heavy atom. The zero-order valence-corrected chi connectivity index (χ0v) is 22.5. The molecule has 0 radical (unpaired) electrons. The molecule has 3 rings (SSSR count). The minimum Gasteiger partial charge on any atom is -0.453 e. The van der Waals surface area contributed by atoms with Crippen molar-refractivity contribution in [1.29, 1.82) is 0 Å². The molecule has 206 valence electrons. The lowest BCUT2D eigenvalue weighted by Crippen LogP contribution is -2.42. The third-order valence-electron chi connectivity index (χ3n) is 4.85. The first-order valence-electron chi connectivity index (χ1n) is 12.3. The van der Waals surface area contributed by atoms with Gasteiger partial charge in [0.2, 0.25) is 12.3 Å². The average Bonchev–Trinajstić information content (AvgIpc) is 2.93. The van der Waals surface area contributed by atoms with E-state index in [2.05, 4.69) is 15.4 Å². The number of halogens is 2. The van der Waals surface area contributed by atoms with Crippen LogP contribution in [0.5, 0.6) is 0 Å². The molecule has 1 aliphatic rings. The van der Waals surface area contributed by atoms with Gasteiger partial charge in [-0.25, -0.2) is 9.18 Å². The third-order valence-corrected chi connectivity index (χ3v) is 5.10. The molecule has 10 heteroatoms. The SMILES string of the molecule is CC.COC(=O)NCCO.Clc1ccccc1.O=CN(CC(=O)NC1CCCCC1)c1cccc(F)c1. The van der Waals surface area contributed by atoms with E-state index in [1.165, 1.54) is 36.6 Å². The highest BCUT2D eigenvalue weighted by Crippen LogP contribution is 2.18. The molecule has 2 aromatic carbocycles. The lowest BCUT2D eigenvalue weighted by molar-refractivity contribution is -0.121. The van der Waals surface area contributed by atoms with Gasteiger partial charge in [0, 0.05) is 23.3 Å². The van der Waals surface area contributed by atoms with Crippen molar-refractivity contribution in [3.8, 4) is 0 Å². The van der Waals surface area contributed by atoms with E-state index in [0.717, 1.165) is 30.7 Å². The van der Waals surface area contributed by atoms with Gasteiger partial charge in [-0.3, -0.25) is 9.59 Å². The lowest BCUT2D eigenvalue weighted by atomic mass is 9.95. The van der Waals surface area contributed by atoms with Crippen molar-refractivity contribution in [2.45, 2.75) is 52.0 Å². The number of aliphatic hydroxyl groups is 1. The molecule has 8 nitrogen and oxygen atoms in total. The van der Waals surface area contributed by atoms with Crippen molar-refractivity contribution < 1.29 is 28.6 Å². The number of benzene rings is 2. The number of alkyl carbamates (subject to hydrolysis) is 1. The van der Waals surface area contributed by atoms with Crippen LogP contribution < -0.4 is 15.5 Å². The number of carbonyl (C=O) groups is 3. The molecule has 0 unspecified atom stereocenters. The van der Waals surface area contributed by atoms with Gasteiger partial charge in [0.05, 0.1) is 13.7 Å². The fourth-order valence-electron chi connectivity index (χ4n) is 3.16. The smallest absolute Gasteiger partial charge is 0.406 e. The largest absolute Gasteiger partial charge is 0.453 e. The summed E-state index contributed by atoms with van der Waals surface area (Å²) in [7, 11) is 1.27. The van der Waals surface area contributed by atoms with Crippen LogP contribution in [0.15, 0.2) is 54.6 Å². The van der Waals surface area contributed by atoms with Crippen molar-refractivity contribution >= 4 is 35.7 Å². The van der Waals surface area contributed by atoms with E-state index in [4.69, 9.17) is 16.7 Å². The van der Waals surface area contributed by atoms with Crippen molar-refractivity contribution in [3.63, 3.8) is 0 Å². The summed E-state index contributed by atoms with van der Waals surface area (Å²) in [5.41, 5.74) is 0.388. The fraction of sp³-hybridized carbons (Fsp3) is 0.444. The lowest BCUT2D eigenvalue weighted by Gasteiger charge is -2.24. The zero-order valence-electron chi connectivity index (χ0n) is 21.8. The standard InChI is InChI=1S/C15H19FN2O2.C6H5Cl.C4H9NO3.C2H6/c16-12-5-4-8-14(9-12)18(11-19)10-15(20)17-13-6-2-1-3-7-13;7-6-4-2-1-3-5-6;1-8-4(7)5-2-3-6;1-2/h4-5,8-9,11,13H,1-3,6-7,10H2,(H,17,20);1-5H;6H,2-3H2,1H3,(H,5,7);1-2H3. The van der Waals surface area contributed by atoms with Gasteiger partial charge >= 0.3 is 6.09 Å². The normalized spacial score (nSPS) is 12.1. The monoisotopic (exact) mass is 539 g/mol. The van der Waals surface area contributed by atoms with Gasteiger partial charge in [-0.15, -0.1) is 0 Å². The minimum absolute atomic E-state index is 0.0604. The Balaban J connectivity index is 0.000000626. The second kappa shape index (κ2) is 22.1. The highest BCUT2D eigenvalue weighted by atomic mass is 35.5. The van der Waals surface area contributed by atoms with Crippen LogP contribution in [0.4, 0.5) is 14.9 Å². The predicted molar refractivity (Wildman–Crippen MR) is 145 cm³/mol. The molecule has 3 N–H and O–H groups in total. The summed E-state index contributed by atoms with van der Waals surface area (Å²) >= 11 is 5.54. The minimum atomic E-state index is -0.515.